The Morgan fingerprint density at radius 1 is 1.16 bits per heavy atom. The minimum absolute atomic E-state index is 0.0665. The summed E-state index contributed by atoms with van der Waals surface area (Å²) in [5, 5.41) is 15.0. The molecule has 0 unspecified atom stereocenters. The first kappa shape index (κ1) is 21.8. The van der Waals surface area contributed by atoms with Crippen molar-refractivity contribution in [1.82, 2.24) is 14.9 Å². The van der Waals surface area contributed by atoms with Gasteiger partial charge in [0.05, 0.1) is 21.7 Å². The molecule has 32 heavy (non-hydrogen) atoms. The zero-order valence-corrected chi connectivity index (χ0v) is 18.1. The molecule has 0 bridgehead atoms. The first-order valence-electron chi connectivity index (χ1n) is 9.48. The molecule has 1 amide bonds. The second-order valence-corrected chi connectivity index (χ2v) is 8.14. The largest absolute Gasteiger partial charge is 0.351 e. The topological polar surface area (TPSA) is 90.1 Å². The van der Waals surface area contributed by atoms with Gasteiger partial charge in [-0.05, 0) is 42.0 Å². The number of aromatic nitrogens is 2. The van der Waals surface area contributed by atoms with Gasteiger partial charge in [0, 0.05) is 29.4 Å². The maximum absolute atomic E-state index is 13.4. The monoisotopic (exact) mass is 470 g/mol. The number of imidazole rings is 1. The van der Waals surface area contributed by atoms with E-state index in [0.29, 0.717) is 33.4 Å². The molecule has 0 saturated carbocycles. The van der Waals surface area contributed by atoms with E-state index in [0.717, 1.165) is 5.56 Å². The lowest BCUT2D eigenvalue weighted by Crippen LogP contribution is -2.24. The lowest BCUT2D eigenvalue weighted by atomic mass is 10.2. The third-order valence-corrected chi connectivity index (χ3v) is 5.98. The molecule has 3 aromatic carbocycles. The number of halogens is 2. The fourth-order valence-corrected chi connectivity index (χ4v) is 4.17. The van der Waals surface area contributed by atoms with Crippen molar-refractivity contribution in [3.8, 4) is 5.69 Å². The van der Waals surface area contributed by atoms with Gasteiger partial charge in [-0.2, -0.15) is 0 Å². The number of amides is 1. The van der Waals surface area contributed by atoms with Gasteiger partial charge >= 0.3 is 0 Å². The molecular formula is C22H16ClFN4O3S. The third kappa shape index (κ3) is 4.74. The van der Waals surface area contributed by atoms with Crippen molar-refractivity contribution >= 4 is 46.0 Å². The molecular weight excluding hydrogens is 455 g/mol. The van der Waals surface area contributed by atoms with Crippen LogP contribution in [0.2, 0.25) is 5.02 Å². The molecule has 1 aromatic heterocycles. The van der Waals surface area contributed by atoms with Crippen molar-refractivity contribution in [3.63, 3.8) is 0 Å². The summed E-state index contributed by atoms with van der Waals surface area (Å²) in [5.41, 5.74) is 2.36. The molecule has 162 valence electrons. The van der Waals surface area contributed by atoms with Crippen LogP contribution in [0.3, 0.4) is 0 Å². The minimum atomic E-state index is -0.495. The summed E-state index contributed by atoms with van der Waals surface area (Å²) < 4.78 is 15.2. The minimum Gasteiger partial charge on any atom is -0.351 e. The van der Waals surface area contributed by atoms with Crippen LogP contribution >= 0.6 is 23.4 Å². The number of hydrogen-bond acceptors (Lipinski definition) is 5. The molecule has 0 aliphatic heterocycles. The number of nitro benzene ring substituents is 1. The first-order valence-corrected chi connectivity index (χ1v) is 10.8. The van der Waals surface area contributed by atoms with Gasteiger partial charge < -0.3 is 5.32 Å². The first-order chi connectivity index (χ1) is 15.4. The fourth-order valence-electron chi connectivity index (χ4n) is 3.11. The Morgan fingerprint density at radius 3 is 2.62 bits per heavy atom. The summed E-state index contributed by atoms with van der Waals surface area (Å²) in [6.45, 7) is 0.291. The molecule has 1 N–H and O–H groups in total. The van der Waals surface area contributed by atoms with Crippen molar-refractivity contribution < 1.29 is 14.1 Å². The molecule has 0 spiro atoms. The van der Waals surface area contributed by atoms with Gasteiger partial charge in [0.1, 0.15) is 5.82 Å². The summed E-state index contributed by atoms with van der Waals surface area (Å²) in [5.74, 6) is -0.544. The summed E-state index contributed by atoms with van der Waals surface area (Å²) >= 11 is 7.29. The predicted molar refractivity (Wildman–Crippen MR) is 122 cm³/mol. The van der Waals surface area contributed by atoms with Crippen LogP contribution in [-0.4, -0.2) is 26.1 Å². The van der Waals surface area contributed by atoms with E-state index in [9.17, 15) is 19.3 Å². The van der Waals surface area contributed by atoms with Gasteiger partial charge in [0.2, 0.25) is 5.91 Å². The molecule has 10 heteroatoms. The van der Waals surface area contributed by atoms with Crippen LogP contribution in [0.25, 0.3) is 16.7 Å². The average Bonchev–Trinajstić information content (AvgIpc) is 3.15. The molecule has 0 aliphatic carbocycles. The van der Waals surface area contributed by atoms with Crippen molar-refractivity contribution in [2.45, 2.75) is 11.7 Å². The maximum atomic E-state index is 13.4. The molecule has 4 rings (SSSR count). The standard InChI is InChI=1S/C22H16ClFN4O3S/c23-18-4-2-1-3-14(18)12-25-21(29)13-32-22-26-19-11-17(28(30)31)9-10-20(19)27(22)16-7-5-15(24)6-8-16/h1-11H,12-13H2,(H,25,29). The normalized spacial score (nSPS) is 10.9. The van der Waals surface area contributed by atoms with Crippen LogP contribution in [0.15, 0.2) is 71.9 Å². The van der Waals surface area contributed by atoms with Crippen LogP contribution in [0.4, 0.5) is 10.1 Å². The number of rotatable bonds is 7. The zero-order valence-electron chi connectivity index (χ0n) is 16.5. The Balaban J connectivity index is 1.58. The highest BCUT2D eigenvalue weighted by Gasteiger charge is 2.17. The van der Waals surface area contributed by atoms with Gasteiger partial charge in [-0.1, -0.05) is 41.6 Å². The Bertz CT molecular complexity index is 1310. The van der Waals surface area contributed by atoms with E-state index < -0.39 is 4.92 Å². The Labute approximate surface area is 191 Å². The van der Waals surface area contributed by atoms with E-state index in [4.69, 9.17) is 11.6 Å². The second-order valence-electron chi connectivity index (χ2n) is 6.79. The van der Waals surface area contributed by atoms with Crippen LogP contribution in [0, 0.1) is 15.9 Å². The quantitative estimate of drug-likeness (QED) is 0.229. The SMILES string of the molecule is O=C(CSc1nc2cc([N+](=O)[O-])ccc2n1-c1ccc(F)cc1)NCc1ccccc1Cl. The van der Waals surface area contributed by atoms with Gasteiger partial charge in [-0.3, -0.25) is 19.5 Å². The number of non-ortho nitro benzene ring substituents is 1. The molecule has 0 saturated heterocycles. The maximum Gasteiger partial charge on any atom is 0.271 e. The zero-order chi connectivity index (χ0) is 22.7. The lowest BCUT2D eigenvalue weighted by molar-refractivity contribution is -0.384. The second kappa shape index (κ2) is 9.37. The highest BCUT2D eigenvalue weighted by atomic mass is 35.5. The molecule has 4 aromatic rings. The molecule has 0 fully saturated rings. The molecule has 0 atom stereocenters. The number of carbonyl (C=O) groups is 1. The van der Waals surface area contributed by atoms with Crippen LogP contribution in [0.5, 0.6) is 0 Å². The van der Waals surface area contributed by atoms with E-state index >= 15 is 0 Å². The van der Waals surface area contributed by atoms with Gasteiger partial charge in [0.15, 0.2) is 5.16 Å². The Kier molecular flexibility index (Phi) is 6.38. The number of thioether (sulfide) groups is 1. The van der Waals surface area contributed by atoms with Crippen molar-refractivity contribution in [1.29, 1.82) is 0 Å². The number of nitro groups is 1. The van der Waals surface area contributed by atoms with Gasteiger partial charge in [-0.25, -0.2) is 9.37 Å². The van der Waals surface area contributed by atoms with E-state index in [-0.39, 0.29) is 23.2 Å². The van der Waals surface area contributed by atoms with Crippen LogP contribution < -0.4 is 5.32 Å². The van der Waals surface area contributed by atoms with Crippen LogP contribution in [0.1, 0.15) is 5.56 Å². The average molecular weight is 471 g/mol. The fraction of sp³-hybridized carbons (Fsp3) is 0.0909. The lowest BCUT2D eigenvalue weighted by Gasteiger charge is -2.10. The predicted octanol–water partition coefficient (Wildman–Crippen LogP) is 5.13. The van der Waals surface area contributed by atoms with Crippen LogP contribution in [-0.2, 0) is 11.3 Å². The van der Waals surface area contributed by atoms with Crippen molar-refractivity contribution in [3.05, 3.63) is 93.2 Å². The van der Waals surface area contributed by atoms with E-state index in [1.807, 2.05) is 18.2 Å². The van der Waals surface area contributed by atoms with E-state index in [1.54, 1.807) is 28.8 Å². The summed E-state index contributed by atoms with van der Waals surface area (Å²) in [6, 6.07) is 17.4. The van der Waals surface area contributed by atoms with Crippen molar-refractivity contribution in [2.24, 2.45) is 0 Å². The summed E-state index contributed by atoms with van der Waals surface area (Å²) in [6.07, 6.45) is 0. The molecule has 7 nitrogen and oxygen atoms in total. The number of fused-ring (bicyclic) bond motifs is 1. The smallest absolute Gasteiger partial charge is 0.271 e. The van der Waals surface area contributed by atoms with E-state index in [1.165, 1.54) is 36.0 Å². The number of nitrogens with one attached hydrogen (secondary N) is 1. The highest BCUT2D eigenvalue weighted by Crippen LogP contribution is 2.30. The van der Waals surface area contributed by atoms with Crippen molar-refractivity contribution in [2.75, 3.05) is 5.75 Å². The number of benzene rings is 3. The summed E-state index contributed by atoms with van der Waals surface area (Å²) in [4.78, 5) is 27.5. The number of carbonyl (C=O) groups excluding carboxylic acids is 1. The molecule has 0 aliphatic rings. The highest BCUT2D eigenvalue weighted by molar-refractivity contribution is 7.99. The number of nitrogens with zero attached hydrogens (tertiary/aromatic N) is 3. The molecule has 1 heterocycles. The van der Waals surface area contributed by atoms with E-state index in [2.05, 4.69) is 10.3 Å². The summed E-state index contributed by atoms with van der Waals surface area (Å²) in [7, 11) is 0. The Hall–Kier alpha value is -3.43. The number of hydrogen-bond donors (Lipinski definition) is 1. The van der Waals surface area contributed by atoms with Gasteiger partial charge in [-0.15, -0.1) is 0 Å². The molecule has 0 radical (unpaired) electrons. The van der Waals surface area contributed by atoms with Gasteiger partial charge in [0.25, 0.3) is 5.69 Å². The Morgan fingerprint density at radius 2 is 1.91 bits per heavy atom. The third-order valence-electron chi connectivity index (χ3n) is 4.67.